The van der Waals surface area contributed by atoms with Gasteiger partial charge in [-0.05, 0) is 65.5 Å². The predicted octanol–water partition coefficient (Wildman–Crippen LogP) is 4.00. The molecule has 0 fully saturated rings. The van der Waals surface area contributed by atoms with Crippen LogP contribution in [0.1, 0.15) is 33.6 Å². The van der Waals surface area contributed by atoms with Gasteiger partial charge in [0.05, 0.1) is 11.7 Å². The van der Waals surface area contributed by atoms with Gasteiger partial charge in [-0.1, -0.05) is 6.92 Å². The molecule has 0 bridgehead atoms. The summed E-state index contributed by atoms with van der Waals surface area (Å²) in [4.78, 5) is 0. The van der Waals surface area contributed by atoms with Gasteiger partial charge in [-0.3, -0.25) is 0 Å². The van der Waals surface area contributed by atoms with E-state index >= 15 is 0 Å². The lowest BCUT2D eigenvalue weighted by Crippen LogP contribution is -2.44. The fourth-order valence-electron chi connectivity index (χ4n) is 2.28. The summed E-state index contributed by atoms with van der Waals surface area (Å²) in [6.07, 6.45) is 1.68. The summed E-state index contributed by atoms with van der Waals surface area (Å²) in [5.41, 5.74) is -0.596. The highest BCUT2D eigenvalue weighted by Crippen LogP contribution is 2.22. The molecule has 3 nitrogen and oxygen atoms in total. The molecule has 0 saturated carbocycles. The van der Waals surface area contributed by atoms with Crippen LogP contribution in [0.4, 0.5) is 0 Å². The molecule has 0 aliphatic carbocycles. The Morgan fingerprint density at radius 3 is 2.11 bits per heavy atom. The Balaban J connectivity index is 4.07. The molecule has 0 aromatic heterocycles. The smallest absolute Gasteiger partial charge is 0.175 e. The number of ether oxygens (including phenoxy) is 1. The number of rotatable bonds is 9. The van der Waals surface area contributed by atoms with Crippen molar-refractivity contribution >= 4 is 16.6 Å². The second-order valence-electron chi connectivity index (χ2n) is 7.46. The van der Waals surface area contributed by atoms with Crippen LogP contribution >= 0.6 is 0 Å². The average Bonchev–Trinajstić information content (AvgIpc) is 2.12. The molecule has 0 heterocycles. The van der Waals surface area contributed by atoms with Gasteiger partial charge in [0, 0.05) is 6.61 Å². The zero-order valence-electron chi connectivity index (χ0n) is 14.2. The van der Waals surface area contributed by atoms with E-state index in [-0.39, 0.29) is 6.10 Å². The van der Waals surface area contributed by atoms with Crippen LogP contribution in [0.5, 0.6) is 0 Å². The molecule has 0 spiro atoms. The molecule has 0 aromatic carbocycles. The standard InChI is InChI=1S/C14H34O3Si2/c1-9-14(3,15)10-11-16-13(2)12-19(7,8)17-18(4,5)6/h13,15H,9-12H2,1-8H3. The molecule has 2 atom stereocenters. The van der Waals surface area contributed by atoms with Gasteiger partial charge in [0.15, 0.2) is 16.6 Å². The van der Waals surface area contributed by atoms with Gasteiger partial charge in [0.2, 0.25) is 0 Å². The summed E-state index contributed by atoms with van der Waals surface area (Å²) in [7, 11) is -3.09. The predicted molar refractivity (Wildman–Crippen MR) is 87.7 cm³/mol. The van der Waals surface area contributed by atoms with Crippen LogP contribution in [0, 0.1) is 0 Å². The third kappa shape index (κ3) is 10.7. The van der Waals surface area contributed by atoms with Crippen molar-refractivity contribution in [1.29, 1.82) is 0 Å². The minimum atomic E-state index is -1.63. The molecule has 0 amide bonds. The number of hydrogen-bond acceptors (Lipinski definition) is 3. The molecular weight excluding hydrogens is 272 g/mol. The highest BCUT2D eigenvalue weighted by Gasteiger charge is 2.31. The van der Waals surface area contributed by atoms with Crippen molar-refractivity contribution in [2.75, 3.05) is 6.61 Å². The Morgan fingerprint density at radius 2 is 1.68 bits per heavy atom. The third-order valence-corrected chi connectivity index (χ3v) is 9.38. The molecule has 116 valence electrons. The normalized spacial score (nSPS) is 18.2. The molecule has 0 rings (SSSR count). The van der Waals surface area contributed by atoms with Crippen LogP contribution in [0.2, 0.25) is 38.8 Å². The maximum absolute atomic E-state index is 9.93. The van der Waals surface area contributed by atoms with Crippen LogP contribution in [0.15, 0.2) is 0 Å². The molecule has 0 saturated heterocycles. The monoisotopic (exact) mass is 306 g/mol. The van der Waals surface area contributed by atoms with Crippen molar-refractivity contribution in [2.45, 2.75) is 84.1 Å². The van der Waals surface area contributed by atoms with Crippen molar-refractivity contribution in [3.63, 3.8) is 0 Å². The minimum Gasteiger partial charge on any atom is -0.456 e. The highest BCUT2D eigenvalue weighted by atomic mass is 28.4. The lowest BCUT2D eigenvalue weighted by atomic mass is 10.0. The van der Waals surface area contributed by atoms with E-state index in [0.717, 1.165) is 12.5 Å². The molecule has 2 unspecified atom stereocenters. The zero-order chi connectivity index (χ0) is 15.3. The van der Waals surface area contributed by atoms with E-state index in [9.17, 15) is 5.11 Å². The summed E-state index contributed by atoms with van der Waals surface area (Å²) in [5.74, 6) is 0. The van der Waals surface area contributed by atoms with E-state index in [4.69, 9.17) is 8.85 Å². The minimum absolute atomic E-state index is 0.214. The Bertz CT molecular complexity index is 260. The van der Waals surface area contributed by atoms with Gasteiger partial charge in [-0.2, -0.15) is 0 Å². The Kier molecular flexibility index (Phi) is 7.48. The van der Waals surface area contributed by atoms with E-state index < -0.39 is 22.2 Å². The Labute approximate surface area is 122 Å². The van der Waals surface area contributed by atoms with Crippen LogP contribution in [-0.2, 0) is 8.85 Å². The molecule has 5 heteroatoms. The molecule has 0 radical (unpaired) electrons. The van der Waals surface area contributed by atoms with Gasteiger partial charge in [0.1, 0.15) is 0 Å². The van der Waals surface area contributed by atoms with Crippen molar-refractivity contribution < 1.29 is 14.0 Å². The Hall–Kier alpha value is 0.314. The fourth-order valence-corrected chi connectivity index (χ4v) is 10.7. The lowest BCUT2D eigenvalue weighted by molar-refractivity contribution is -0.00410. The van der Waals surface area contributed by atoms with E-state index in [0.29, 0.717) is 13.0 Å². The fraction of sp³-hybridized carbons (Fsp3) is 1.00. The quantitative estimate of drug-likeness (QED) is 0.654. The van der Waals surface area contributed by atoms with Gasteiger partial charge in [-0.15, -0.1) is 0 Å². The van der Waals surface area contributed by atoms with Gasteiger partial charge in [0.25, 0.3) is 0 Å². The van der Waals surface area contributed by atoms with Crippen molar-refractivity contribution in [3.8, 4) is 0 Å². The maximum atomic E-state index is 9.93. The molecule has 0 aromatic rings. The summed E-state index contributed by atoms with van der Waals surface area (Å²) in [6.45, 7) is 17.9. The first-order chi connectivity index (χ1) is 8.37. The first-order valence-corrected chi connectivity index (χ1v) is 13.9. The van der Waals surface area contributed by atoms with Crippen molar-refractivity contribution in [2.24, 2.45) is 0 Å². The van der Waals surface area contributed by atoms with E-state index in [1.165, 1.54) is 0 Å². The summed E-state index contributed by atoms with van der Waals surface area (Å²) >= 11 is 0. The van der Waals surface area contributed by atoms with Crippen molar-refractivity contribution in [3.05, 3.63) is 0 Å². The third-order valence-electron chi connectivity index (χ3n) is 3.17. The molecule has 19 heavy (non-hydrogen) atoms. The largest absolute Gasteiger partial charge is 0.456 e. The van der Waals surface area contributed by atoms with Crippen LogP contribution in [0.25, 0.3) is 0 Å². The number of hydrogen-bond donors (Lipinski definition) is 1. The van der Waals surface area contributed by atoms with Crippen LogP contribution in [0.3, 0.4) is 0 Å². The maximum Gasteiger partial charge on any atom is 0.175 e. The summed E-state index contributed by atoms with van der Waals surface area (Å²) in [5, 5.41) is 9.93. The van der Waals surface area contributed by atoms with E-state index in [2.05, 4.69) is 39.7 Å². The van der Waals surface area contributed by atoms with Crippen LogP contribution in [-0.4, -0.2) is 40.1 Å². The molecule has 0 aliphatic heterocycles. The van der Waals surface area contributed by atoms with E-state index in [1.54, 1.807) is 0 Å². The molecule has 1 N–H and O–H groups in total. The first-order valence-electron chi connectivity index (χ1n) is 7.41. The van der Waals surface area contributed by atoms with Crippen molar-refractivity contribution in [1.82, 2.24) is 0 Å². The lowest BCUT2D eigenvalue weighted by Gasteiger charge is -2.33. The van der Waals surface area contributed by atoms with Gasteiger partial charge in [-0.25, -0.2) is 0 Å². The highest BCUT2D eigenvalue weighted by molar-refractivity contribution is 6.84. The Morgan fingerprint density at radius 1 is 1.16 bits per heavy atom. The average molecular weight is 307 g/mol. The SMILES string of the molecule is CCC(C)(O)CCOC(C)C[Si](C)(C)O[Si](C)(C)C. The second-order valence-corrected chi connectivity index (χ2v) is 16.4. The zero-order valence-corrected chi connectivity index (χ0v) is 16.2. The van der Waals surface area contributed by atoms with Crippen LogP contribution < -0.4 is 0 Å². The van der Waals surface area contributed by atoms with Gasteiger partial charge < -0.3 is 14.0 Å². The molecule has 0 aliphatic rings. The first kappa shape index (κ1) is 19.3. The summed E-state index contributed by atoms with van der Waals surface area (Å²) < 4.78 is 12.2. The molecular formula is C14H34O3Si2. The topological polar surface area (TPSA) is 38.7 Å². The van der Waals surface area contributed by atoms with E-state index in [1.807, 2.05) is 13.8 Å². The van der Waals surface area contributed by atoms with Gasteiger partial charge >= 0.3 is 0 Å². The second kappa shape index (κ2) is 7.36. The summed E-state index contributed by atoms with van der Waals surface area (Å²) in [6, 6.07) is 1.02. The number of aliphatic hydroxyl groups is 1.